The Hall–Kier alpha value is -2.12. The summed E-state index contributed by atoms with van der Waals surface area (Å²) in [4.78, 5) is 29.5. The Kier molecular flexibility index (Phi) is 10.8. The van der Waals surface area contributed by atoms with E-state index in [1.807, 2.05) is 25.1 Å². The van der Waals surface area contributed by atoms with Gasteiger partial charge >= 0.3 is 0 Å². The summed E-state index contributed by atoms with van der Waals surface area (Å²) < 4.78 is 6.11. The van der Waals surface area contributed by atoms with Crippen molar-refractivity contribution in [2.24, 2.45) is 5.92 Å². The molecule has 1 aliphatic rings. The van der Waals surface area contributed by atoms with Crippen LogP contribution in [0.15, 0.2) is 18.2 Å². The van der Waals surface area contributed by atoms with Gasteiger partial charge in [0, 0.05) is 37.3 Å². The van der Waals surface area contributed by atoms with Gasteiger partial charge in [-0.1, -0.05) is 19.9 Å². The number of hydrogen-bond donors (Lipinski definition) is 2. The first-order valence-corrected chi connectivity index (χ1v) is 11.6. The Bertz CT molecular complexity index is 708. The maximum absolute atomic E-state index is 13.3. The molecule has 2 amide bonds. The number of rotatable bonds is 7. The number of likely N-dealkylation sites (N-methyl/N-ethyl adjacent to an activating group) is 1. The van der Waals surface area contributed by atoms with Crippen LogP contribution < -0.4 is 10.1 Å². The molecule has 0 unspecified atom stereocenters. The van der Waals surface area contributed by atoms with E-state index in [2.05, 4.69) is 24.1 Å². The van der Waals surface area contributed by atoms with Gasteiger partial charge in [0.1, 0.15) is 5.75 Å². The minimum Gasteiger partial charge on any atom is -0.493 e. The second-order valence-corrected chi connectivity index (χ2v) is 8.54. The van der Waals surface area contributed by atoms with Crippen LogP contribution in [-0.2, 0) is 11.3 Å². The number of carbonyl (C=O) groups excluding carboxylic acids is 2. The number of fused-ring (bicyclic) bond motifs is 1. The zero-order valence-corrected chi connectivity index (χ0v) is 19.4. The van der Waals surface area contributed by atoms with Crippen molar-refractivity contribution in [1.82, 2.24) is 15.1 Å². The van der Waals surface area contributed by atoms with Crippen LogP contribution >= 0.6 is 0 Å². The van der Waals surface area contributed by atoms with Crippen LogP contribution in [0.3, 0.4) is 0 Å². The average molecular weight is 434 g/mol. The number of benzene rings is 1. The Balaban J connectivity index is 2.40. The molecule has 0 radical (unpaired) electrons. The standard InChI is InChI=1S/C24H39N3O4/c1-4-27(14-15-28)24(30)20-9-8-10-22-21(20)17-26(13-11-19(2)3)18-23(29)25-12-6-5-7-16-31-22/h8-10,19,28H,4-7,11-18H2,1-3H3,(H,25,29). The minimum atomic E-state index is -0.116. The van der Waals surface area contributed by atoms with Crippen LogP contribution in [0.4, 0.5) is 0 Å². The molecule has 0 bridgehead atoms. The smallest absolute Gasteiger partial charge is 0.254 e. The van der Waals surface area contributed by atoms with E-state index in [1.54, 1.807) is 4.90 Å². The maximum atomic E-state index is 13.3. The van der Waals surface area contributed by atoms with Crippen molar-refractivity contribution in [1.29, 1.82) is 0 Å². The summed E-state index contributed by atoms with van der Waals surface area (Å²) in [6.07, 6.45) is 3.77. The third kappa shape index (κ3) is 8.15. The fourth-order valence-corrected chi connectivity index (χ4v) is 3.71. The van der Waals surface area contributed by atoms with E-state index in [0.717, 1.165) is 37.8 Å². The molecule has 1 heterocycles. The van der Waals surface area contributed by atoms with E-state index in [9.17, 15) is 14.7 Å². The van der Waals surface area contributed by atoms with Gasteiger partial charge in [0.15, 0.2) is 0 Å². The number of aliphatic hydroxyl groups excluding tert-OH is 1. The molecule has 1 aromatic carbocycles. The first kappa shape index (κ1) is 25.1. The van der Waals surface area contributed by atoms with Crippen molar-refractivity contribution < 1.29 is 19.4 Å². The van der Waals surface area contributed by atoms with Crippen molar-refractivity contribution in [3.63, 3.8) is 0 Å². The molecule has 2 N–H and O–H groups in total. The van der Waals surface area contributed by atoms with Crippen molar-refractivity contribution in [3.05, 3.63) is 29.3 Å². The quantitative estimate of drug-likeness (QED) is 0.691. The number of ether oxygens (including phenoxy) is 1. The van der Waals surface area contributed by atoms with Crippen LogP contribution in [0.5, 0.6) is 5.75 Å². The van der Waals surface area contributed by atoms with Gasteiger partial charge < -0.3 is 20.1 Å². The molecule has 31 heavy (non-hydrogen) atoms. The fourth-order valence-electron chi connectivity index (χ4n) is 3.71. The lowest BCUT2D eigenvalue weighted by Gasteiger charge is -2.27. The lowest BCUT2D eigenvalue weighted by atomic mass is 10.0. The van der Waals surface area contributed by atoms with Gasteiger partial charge in [-0.2, -0.15) is 0 Å². The van der Waals surface area contributed by atoms with Crippen molar-refractivity contribution in [2.45, 2.75) is 53.0 Å². The Morgan fingerprint density at radius 2 is 2.06 bits per heavy atom. The minimum absolute atomic E-state index is 0.0183. The lowest BCUT2D eigenvalue weighted by molar-refractivity contribution is -0.122. The predicted molar refractivity (Wildman–Crippen MR) is 122 cm³/mol. The first-order chi connectivity index (χ1) is 15.0. The molecule has 2 rings (SSSR count). The average Bonchev–Trinajstić information content (AvgIpc) is 2.76. The van der Waals surface area contributed by atoms with Crippen LogP contribution in [0.25, 0.3) is 0 Å². The Labute approximate surface area is 186 Å². The summed E-state index contributed by atoms with van der Waals surface area (Å²) in [6, 6.07) is 5.58. The predicted octanol–water partition coefficient (Wildman–Crippen LogP) is 2.67. The Morgan fingerprint density at radius 3 is 2.77 bits per heavy atom. The van der Waals surface area contributed by atoms with Crippen LogP contribution in [0.1, 0.15) is 62.4 Å². The third-order valence-corrected chi connectivity index (χ3v) is 5.57. The van der Waals surface area contributed by atoms with E-state index in [1.165, 1.54) is 0 Å². The molecule has 7 nitrogen and oxygen atoms in total. The van der Waals surface area contributed by atoms with E-state index in [-0.39, 0.29) is 18.4 Å². The molecule has 0 saturated heterocycles. The summed E-state index contributed by atoms with van der Waals surface area (Å²) >= 11 is 0. The maximum Gasteiger partial charge on any atom is 0.254 e. The summed E-state index contributed by atoms with van der Waals surface area (Å²) in [7, 11) is 0. The number of aliphatic hydroxyl groups is 1. The van der Waals surface area contributed by atoms with E-state index < -0.39 is 0 Å². The number of hydrogen-bond acceptors (Lipinski definition) is 5. The lowest BCUT2D eigenvalue weighted by Crippen LogP contribution is -2.39. The topological polar surface area (TPSA) is 82.1 Å². The summed E-state index contributed by atoms with van der Waals surface area (Å²) in [6.45, 7) is 9.76. The fraction of sp³-hybridized carbons (Fsp3) is 0.667. The molecule has 1 aliphatic heterocycles. The highest BCUT2D eigenvalue weighted by Crippen LogP contribution is 2.26. The van der Waals surface area contributed by atoms with Gasteiger partial charge in [-0.3, -0.25) is 14.5 Å². The molecule has 0 saturated carbocycles. The monoisotopic (exact) mass is 433 g/mol. The van der Waals surface area contributed by atoms with E-state index in [0.29, 0.717) is 56.6 Å². The van der Waals surface area contributed by atoms with Crippen molar-refractivity contribution >= 4 is 11.8 Å². The number of carbonyl (C=O) groups is 2. The first-order valence-electron chi connectivity index (χ1n) is 11.6. The normalized spacial score (nSPS) is 16.4. The van der Waals surface area contributed by atoms with Crippen LogP contribution in [0.2, 0.25) is 0 Å². The van der Waals surface area contributed by atoms with Gasteiger partial charge in [0.25, 0.3) is 5.91 Å². The zero-order valence-electron chi connectivity index (χ0n) is 19.4. The molecule has 0 fully saturated rings. The van der Waals surface area contributed by atoms with Crippen LogP contribution in [-0.4, -0.2) is 72.7 Å². The summed E-state index contributed by atoms with van der Waals surface area (Å²) in [5.74, 6) is 1.12. The van der Waals surface area contributed by atoms with E-state index >= 15 is 0 Å². The third-order valence-electron chi connectivity index (χ3n) is 5.57. The molecule has 0 spiro atoms. The number of nitrogens with zero attached hydrogens (tertiary/aromatic N) is 2. The molecular formula is C24H39N3O4. The second kappa shape index (κ2) is 13.3. The van der Waals surface area contributed by atoms with Gasteiger partial charge in [-0.15, -0.1) is 0 Å². The largest absolute Gasteiger partial charge is 0.493 e. The highest BCUT2D eigenvalue weighted by molar-refractivity contribution is 5.96. The molecule has 174 valence electrons. The highest BCUT2D eigenvalue weighted by Gasteiger charge is 2.23. The Morgan fingerprint density at radius 1 is 1.26 bits per heavy atom. The zero-order chi connectivity index (χ0) is 22.6. The van der Waals surface area contributed by atoms with Gasteiger partial charge in [0.2, 0.25) is 5.91 Å². The van der Waals surface area contributed by atoms with Gasteiger partial charge in [-0.05, 0) is 57.2 Å². The van der Waals surface area contributed by atoms with Crippen molar-refractivity contribution in [2.75, 3.05) is 45.9 Å². The number of nitrogens with one attached hydrogen (secondary N) is 1. The SMILES string of the molecule is CCN(CCO)C(=O)c1cccc2c1CN(CCC(C)C)CC(=O)NCCCCCO2. The highest BCUT2D eigenvalue weighted by atomic mass is 16.5. The van der Waals surface area contributed by atoms with Gasteiger partial charge in [0.05, 0.1) is 19.8 Å². The van der Waals surface area contributed by atoms with E-state index in [4.69, 9.17) is 4.74 Å². The molecule has 0 aliphatic carbocycles. The summed E-state index contributed by atoms with van der Waals surface area (Å²) in [5, 5.41) is 12.4. The molecular weight excluding hydrogens is 394 g/mol. The van der Waals surface area contributed by atoms with Crippen molar-refractivity contribution in [3.8, 4) is 5.75 Å². The van der Waals surface area contributed by atoms with Gasteiger partial charge in [-0.25, -0.2) is 0 Å². The molecule has 0 aromatic heterocycles. The van der Waals surface area contributed by atoms with Crippen LogP contribution in [0, 0.1) is 5.92 Å². The molecule has 7 heteroatoms. The summed E-state index contributed by atoms with van der Waals surface area (Å²) in [5.41, 5.74) is 1.40. The second-order valence-electron chi connectivity index (χ2n) is 8.54. The number of amides is 2. The molecule has 0 atom stereocenters. The molecule has 1 aromatic rings.